The summed E-state index contributed by atoms with van der Waals surface area (Å²) in [4.78, 5) is 2.39. The molecular formula is C18H21FN2O. The summed E-state index contributed by atoms with van der Waals surface area (Å²) in [5, 5.41) is 3.26. The lowest BCUT2D eigenvalue weighted by molar-refractivity contribution is 0.0342. The van der Waals surface area contributed by atoms with Gasteiger partial charge in [0.15, 0.2) is 0 Å². The Kier molecular flexibility index (Phi) is 5.03. The Hall–Kier alpha value is -1.91. The van der Waals surface area contributed by atoms with Crippen LogP contribution in [-0.4, -0.2) is 31.2 Å². The summed E-state index contributed by atoms with van der Waals surface area (Å²) >= 11 is 0. The molecule has 116 valence electrons. The zero-order chi connectivity index (χ0) is 15.2. The number of halogens is 1. The predicted molar refractivity (Wildman–Crippen MR) is 86.3 cm³/mol. The molecule has 3 rings (SSSR count). The van der Waals surface area contributed by atoms with Crippen molar-refractivity contribution in [3.05, 3.63) is 65.5 Å². The van der Waals surface area contributed by atoms with Crippen LogP contribution in [0.2, 0.25) is 0 Å². The number of hydrogen-bond acceptors (Lipinski definition) is 3. The fourth-order valence-corrected chi connectivity index (χ4v) is 2.58. The van der Waals surface area contributed by atoms with Crippen molar-refractivity contribution in [1.29, 1.82) is 0 Å². The van der Waals surface area contributed by atoms with Crippen LogP contribution in [0.25, 0.3) is 0 Å². The number of ether oxygens (including phenoxy) is 1. The molecule has 1 saturated heterocycles. The summed E-state index contributed by atoms with van der Waals surface area (Å²) in [6.45, 7) is 5.08. The van der Waals surface area contributed by atoms with E-state index in [0.29, 0.717) is 12.1 Å². The van der Waals surface area contributed by atoms with Crippen molar-refractivity contribution >= 4 is 5.69 Å². The second-order valence-corrected chi connectivity index (χ2v) is 5.53. The van der Waals surface area contributed by atoms with E-state index in [4.69, 9.17) is 4.74 Å². The van der Waals surface area contributed by atoms with Gasteiger partial charge in [0.1, 0.15) is 5.82 Å². The third kappa shape index (κ3) is 4.06. The van der Waals surface area contributed by atoms with Gasteiger partial charge in [0.2, 0.25) is 0 Å². The van der Waals surface area contributed by atoms with Crippen LogP contribution in [0.1, 0.15) is 11.1 Å². The first kappa shape index (κ1) is 15.0. The van der Waals surface area contributed by atoms with Gasteiger partial charge in [-0.2, -0.15) is 0 Å². The maximum absolute atomic E-state index is 13.6. The van der Waals surface area contributed by atoms with Crippen molar-refractivity contribution in [2.45, 2.75) is 13.1 Å². The molecule has 0 unspecified atom stereocenters. The number of anilines is 1. The van der Waals surface area contributed by atoms with Gasteiger partial charge in [0.05, 0.1) is 13.2 Å². The number of benzene rings is 2. The molecule has 1 fully saturated rings. The van der Waals surface area contributed by atoms with Gasteiger partial charge in [-0.15, -0.1) is 0 Å². The Morgan fingerprint density at radius 3 is 2.45 bits per heavy atom. The predicted octanol–water partition coefficient (Wildman–Crippen LogP) is 3.27. The zero-order valence-corrected chi connectivity index (χ0v) is 12.6. The lowest BCUT2D eigenvalue weighted by Crippen LogP contribution is -2.35. The standard InChI is InChI=1S/C18H21FN2O/c19-18-4-2-1-3-16(18)13-20-17-7-5-15(6-8-17)14-21-9-11-22-12-10-21/h1-8,20H,9-14H2. The lowest BCUT2D eigenvalue weighted by Gasteiger charge is -2.26. The van der Waals surface area contributed by atoms with Gasteiger partial charge in [-0.05, 0) is 23.8 Å². The first-order valence-corrected chi connectivity index (χ1v) is 7.67. The fourth-order valence-electron chi connectivity index (χ4n) is 2.58. The van der Waals surface area contributed by atoms with Gasteiger partial charge in [-0.1, -0.05) is 30.3 Å². The van der Waals surface area contributed by atoms with Crippen molar-refractivity contribution in [2.24, 2.45) is 0 Å². The Bertz CT molecular complexity index is 594. The summed E-state index contributed by atoms with van der Waals surface area (Å²) in [6, 6.07) is 15.2. The monoisotopic (exact) mass is 300 g/mol. The van der Waals surface area contributed by atoms with Gasteiger partial charge in [-0.25, -0.2) is 4.39 Å². The highest BCUT2D eigenvalue weighted by Gasteiger charge is 2.10. The Balaban J connectivity index is 1.54. The topological polar surface area (TPSA) is 24.5 Å². The van der Waals surface area contributed by atoms with E-state index in [1.54, 1.807) is 12.1 Å². The SMILES string of the molecule is Fc1ccccc1CNc1ccc(CN2CCOCC2)cc1. The molecule has 2 aromatic rings. The highest BCUT2D eigenvalue weighted by molar-refractivity contribution is 5.45. The third-order valence-corrected chi connectivity index (χ3v) is 3.90. The van der Waals surface area contributed by atoms with E-state index in [1.165, 1.54) is 11.6 Å². The normalized spacial score (nSPS) is 15.7. The first-order valence-electron chi connectivity index (χ1n) is 7.67. The maximum atomic E-state index is 13.6. The average Bonchev–Trinajstić information content (AvgIpc) is 2.56. The maximum Gasteiger partial charge on any atom is 0.128 e. The van der Waals surface area contributed by atoms with Crippen LogP contribution >= 0.6 is 0 Å². The third-order valence-electron chi connectivity index (χ3n) is 3.90. The van der Waals surface area contributed by atoms with E-state index in [9.17, 15) is 4.39 Å². The van der Waals surface area contributed by atoms with Crippen LogP contribution in [0.3, 0.4) is 0 Å². The molecule has 0 radical (unpaired) electrons. The molecular weight excluding hydrogens is 279 g/mol. The molecule has 0 bridgehead atoms. The van der Waals surface area contributed by atoms with Crippen molar-refractivity contribution in [3.8, 4) is 0 Å². The van der Waals surface area contributed by atoms with Gasteiger partial charge in [-0.3, -0.25) is 4.90 Å². The van der Waals surface area contributed by atoms with Gasteiger partial charge in [0, 0.05) is 37.4 Å². The quantitative estimate of drug-likeness (QED) is 0.917. The minimum Gasteiger partial charge on any atom is -0.381 e. The van der Waals surface area contributed by atoms with E-state index >= 15 is 0 Å². The number of hydrogen-bond donors (Lipinski definition) is 1. The molecule has 0 amide bonds. The van der Waals surface area contributed by atoms with Crippen molar-refractivity contribution < 1.29 is 9.13 Å². The summed E-state index contributed by atoms with van der Waals surface area (Å²) in [5.74, 6) is -0.168. The van der Waals surface area contributed by atoms with E-state index in [0.717, 1.165) is 38.5 Å². The molecule has 0 aromatic heterocycles. The number of rotatable bonds is 5. The van der Waals surface area contributed by atoms with E-state index in [2.05, 4.69) is 34.5 Å². The van der Waals surface area contributed by atoms with Crippen LogP contribution in [0, 0.1) is 5.82 Å². The number of morpholine rings is 1. The Morgan fingerprint density at radius 2 is 1.73 bits per heavy atom. The van der Waals surface area contributed by atoms with Crippen molar-refractivity contribution in [2.75, 3.05) is 31.6 Å². The average molecular weight is 300 g/mol. The fraction of sp³-hybridized carbons (Fsp3) is 0.333. The molecule has 1 heterocycles. The molecule has 22 heavy (non-hydrogen) atoms. The second-order valence-electron chi connectivity index (χ2n) is 5.53. The summed E-state index contributed by atoms with van der Waals surface area (Å²) in [7, 11) is 0. The molecule has 0 aliphatic carbocycles. The minimum atomic E-state index is -0.168. The molecule has 0 spiro atoms. The number of nitrogens with one attached hydrogen (secondary N) is 1. The van der Waals surface area contributed by atoms with E-state index in [-0.39, 0.29) is 5.82 Å². The highest BCUT2D eigenvalue weighted by Crippen LogP contribution is 2.14. The molecule has 1 aliphatic heterocycles. The molecule has 0 saturated carbocycles. The summed E-state index contributed by atoms with van der Waals surface area (Å²) in [5.41, 5.74) is 2.98. The molecule has 1 N–H and O–H groups in total. The van der Waals surface area contributed by atoms with Crippen LogP contribution in [-0.2, 0) is 17.8 Å². The Labute approximate surface area is 130 Å². The van der Waals surface area contributed by atoms with Crippen molar-refractivity contribution in [1.82, 2.24) is 4.90 Å². The van der Waals surface area contributed by atoms with Gasteiger partial charge >= 0.3 is 0 Å². The van der Waals surface area contributed by atoms with Crippen LogP contribution in [0.5, 0.6) is 0 Å². The lowest BCUT2D eigenvalue weighted by atomic mass is 10.1. The van der Waals surface area contributed by atoms with Crippen molar-refractivity contribution in [3.63, 3.8) is 0 Å². The van der Waals surface area contributed by atoms with Crippen LogP contribution in [0.4, 0.5) is 10.1 Å². The molecule has 0 atom stereocenters. The largest absolute Gasteiger partial charge is 0.381 e. The highest BCUT2D eigenvalue weighted by atomic mass is 19.1. The molecule has 4 heteroatoms. The smallest absolute Gasteiger partial charge is 0.128 e. The zero-order valence-electron chi connectivity index (χ0n) is 12.6. The Morgan fingerprint density at radius 1 is 1.00 bits per heavy atom. The van der Waals surface area contributed by atoms with Gasteiger partial charge < -0.3 is 10.1 Å². The van der Waals surface area contributed by atoms with E-state index < -0.39 is 0 Å². The second kappa shape index (κ2) is 7.38. The van der Waals surface area contributed by atoms with Crippen LogP contribution < -0.4 is 5.32 Å². The minimum absolute atomic E-state index is 0.168. The molecule has 2 aromatic carbocycles. The molecule has 1 aliphatic rings. The molecule has 3 nitrogen and oxygen atoms in total. The number of nitrogens with zero attached hydrogens (tertiary/aromatic N) is 1. The first-order chi connectivity index (χ1) is 10.8. The van der Waals surface area contributed by atoms with Gasteiger partial charge in [0.25, 0.3) is 0 Å². The van der Waals surface area contributed by atoms with E-state index in [1.807, 2.05) is 6.07 Å². The summed E-state index contributed by atoms with van der Waals surface area (Å²) < 4.78 is 18.9. The van der Waals surface area contributed by atoms with Crippen LogP contribution in [0.15, 0.2) is 48.5 Å². The summed E-state index contributed by atoms with van der Waals surface area (Å²) in [6.07, 6.45) is 0.